The van der Waals surface area contributed by atoms with Gasteiger partial charge in [-0.05, 0) is 36.4 Å². The van der Waals surface area contributed by atoms with Crippen molar-refractivity contribution in [1.29, 1.82) is 0 Å². The van der Waals surface area contributed by atoms with Crippen LogP contribution in [0.1, 0.15) is 5.56 Å². The molecule has 106 valence electrons. The van der Waals surface area contributed by atoms with E-state index in [0.29, 0.717) is 15.8 Å². The molecule has 0 radical (unpaired) electrons. The summed E-state index contributed by atoms with van der Waals surface area (Å²) in [6.45, 7) is 0. The molecular formula is C14H9ClFN3S2. The summed E-state index contributed by atoms with van der Waals surface area (Å²) in [6.07, 6.45) is 0. The average molecular weight is 338 g/mol. The number of fused-ring (bicyclic) bond motifs is 1. The molecule has 0 atom stereocenters. The van der Waals surface area contributed by atoms with Crippen LogP contribution >= 0.6 is 35.2 Å². The Morgan fingerprint density at radius 3 is 2.81 bits per heavy atom. The Kier molecular flexibility index (Phi) is 3.75. The van der Waals surface area contributed by atoms with Crippen LogP contribution in [0.15, 0.2) is 36.4 Å². The molecule has 1 heterocycles. The summed E-state index contributed by atoms with van der Waals surface area (Å²) in [4.78, 5) is 4.45. The van der Waals surface area contributed by atoms with Crippen molar-refractivity contribution >= 4 is 61.2 Å². The van der Waals surface area contributed by atoms with Crippen LogP contribution in [-0.4, -0.2) is 9.97 Å². The molecule has 0 fully saturated rings. The van der Waals surface area contributed by atoms with Crippen molar-refractivity contribution in [3.05, 3.63) is 52.8 Å². The molecule has 1 aromatic heterocycles. The van der Waals surface area contributed by atoms with Gasteiger partial charge < -0.3 is 11.1 Å². The summed E-state index contributed by atoms with van der Waals surface area (Å²) in [5.41, 5.74) is 7.08. The van der Waals surface area contributed by atoms with E-state index in [2.05, 4.69) is 10.3 Å². The summed E-state index contributed by atoms with van der Waals surface area (Å²) in [5, 5.41) is 4.38. The van der Waals surface area contributed by atoms with Gasteiger partial charge in [0.25, 0.3) is 0 Å². The molecule has 0 aliphatic rings. The van der Waals surface area contributed by atoms with E-state index in [1.54, 1.807) is 18.2 Å². The molecule has 0 amide bonds. The molecule has 0 saturated carbocycles. The van der Waals surface area contributed by atoms with Crippen molar-refractivity contribution in [2.45, 2.75) is 0 Å². The van der Waals surface area contributed by atoms with Gasteiger partial charge in [0.1, 0.15) is 10.8 Å². The first-order chi connectivity index (χ1) is 10.0. The van der Waals surface area contributed by atoms with Gasteiger partial charge in [-0.3, -0.25) is 0 Å². The summed E-state index contributed by atoms with van der Waals surface area (Å²) in [7, 11) is 0. The molecule has 3 rings (SSSR count). The molecule has 21 heavy (non-hydrogen) atoms. The number of rotatable bonds is 3. The average Bonchev–Trinajstić information content (AvgIpc) is 2.79. The van der Waals surface area contributed by atoms with Crippen molar-refractivity contribution < 1.29 is 4.39 Å². The molecule has 0 aliphatic heterocycles. The number of anilines is 2. The number of hydrogen-bond acceptors (Lipinski definition) is 4. The smallest absolute Gasteiger partial charge is 0.188 e. The van der Waals surface area contributed by atoms with Gasteiger partial charge in [-0.15, -0.1) is 0 Å². The van der Waals surface area contributed by atoms with Gasteiger partial charge in [0, 0.05) is 16.3 Å². The first-order valence-electron chi connectivity index (χ1n) is 5.95. The molecule has 3 aromatic rings. The van der Waals surface area contributed by atoms with Crippen LogP contribution in [0.2, 0.25) is 5.02 Å². The van der Waals surface area contributed by atoms with Crippen LogP contribution in [0.4, 0.5) is 15.2 Å². The second kappa shape index (κ2) is 5.55. The summed E-state index contributed by atoms with van der Waals surface area (Å²) >= 11 is 12.2. The van der Waals surface area contributed by atoms with E-state index < -0.39 is 5.82 Å². The fourth-order valence-corrected chi connectivity index (χ4v) is 3.20. The van der Waals surface area contributed by atoms with Crippen LogP contribution in [0.3, 0.4) is 0 Å². The standard InChI is InChI=1S/C14H9ClFN3S2/c15-7-1-4-11-12(5-7)21-14(19-11)18-8-2-3-9(13(17)20)10(16)6-8/h1-6H,(H2,17,20)(H,18,19). The first kappa shape index (κ1) is 14.2. The predicted octanol–water partition coefficient (Wildman–Crippen LogP) is 4.47. The zero-order valence-corrected chi connectivity index (χ0v) is 13.0. The van der Waals surface area contributed by atoms with E-state index in [1.165, 1.54) is 17.4 Å². The first-order valence-corrected chi connectivity index (χ1v) is 7.56. The molecule has 0 unspecified atom stereocenters. The number of thiocarbonyl (C=S) groups is 1. The number of halogens is 2. The maximum Gasteiger partial charge on any atom is 0.188 e. The van der Waals surface area contributed by atoms with E-state index >= 15 is 0 Å². The normalized spacial score (nSPS) is 10.8. The third-order valence-electron chi connectivity index (χ3n) is 2.84. The monoisotopic (exact) mass is 337 g/mol. The van der Waals surface area contributed by atoms with Crippen molar-refractivity contribution in [3.8, 4) is 0 Å². The number of hydrogen-bond donors (Lipinski definition) is 2. The molecule has 3 nitrogen and oxygen atoms in total. The minimum Gasteiger partial charge on any atom is -0.389 e. The Morgan fingerprint density at radius 1 is 1.29 bits per heavy atom. The molecule has 0 aliphatic carbocycles. The highest BCUT2D eigenvalue weighted by molar-refractivity contribution is 7.80. The maximum absolute atomic E-state index is 13.8. The van der Waals surface area contributed by atoms with Crippen LogP contribution in [-0.2, 0) is 0 Å². The fourth-order valence-electron chi connectivity index (χ4n) is 1.87. The molecule has 0 spiro atoms. The second-order valence-corrected chi connectivity index (χ2v) is 6.22. The highest BCUT2D eigenvalue weighted by Gasteiger charge is 2.08. The van der Waals surface area contributed by atoms with Gasteiger partial charge in [0.2, 0.25) is 0 Å². The number of thiazole rings is 1. The van der Waals surface area contributed by atoms with Crippen molar-refractivity contribution in [2.75, 3.05) is 5.32 Å². The predicted molar refractivity (Wildman–Crippen MR) is 90.2 cm³/mol. The van der Waals surface area contributed by atoms with Gasteiger partial charge in [-0.25, -0.2) is 9.37 Å². The number of benzene rings is 2. The van der Waals surface area contributed by atoms with Crippen LogP contribution in [0.5, 0.6) is 0 Å². The quantitative estimate of drug-likeness (QED) is 0.692. The molecule has 2 aromatic carbocycles. The lowest BCUT2D eigenvalue weighted by Crippen LogP contribution is -2.11. The van der Waals surface area contributed by atoms with Crippen molar-refractivity contribution in [3.63, 3.8) is 0 Å². The maximum atomic E-state index is 13.8. The highest BCUT2D eigenvalue weighted by atomic mass is 35.5. The molecular weight excluding hydrogens is 329 g/mol. The largest absolute Gasteiger partial charge is 0.389 e. The summed E-state index contributed by atoms with van der Waals surface area (Å²) in [6, 6.07) is 10.1. The number of aromatic nitrogens is 1. The van der Waals surface area contributed by atoms with E-state index in [-0.39, 0.29) is 10.6 Å². The topological polar surface area (TPSA) is 50.9 Å². The summed E-state index contributed by atoms with van der Waals surface area (Å²) in [5.74, 6) is -0.461. The number of nitrogens with two attached hydrogens (primary N) is 1. The number of nitrogens with one attached hydrogen (secondary N) is 1. The fraction of sp³-hybridized carbons (Fsp3) is 0. The molecule has 0 saturated heterocycles. The van der Waals surface area contributed by atoms with E-state index in [4.69, 9.17) is 29.6 Å². The van der Waals surface area contributed by atoms with Gasteiger partial charge >= 0.3 is 0 Å². The van der Waals surface area contributed by atoms with Crippen molar-refractivity contribution in [1.82, 2.24) is 4.98 Å². The van der Waals surface area contributed by atoms with Crippen molar-refractivity contribution in [2.24, 2.45) is 5.73 Å². The third kappa shape index (κ3) is 2.97. The Hall–Kier alpha value is -1.76. The lowest BCUT2D eigenvalue weighted by atomic mass is 10.2. The van der Waals surface area contributed by atoms with Crippen LogP contribution < -0.4 is 11.1 Å². The van der Waals surface area contributed by atoms with E-state index in [1.807, 2.05) is 12.1 Å². The molecule has 0 bridgehead atoms. The third-order valence-corrected chi connectivity index (χ3v) is 4.22. The van der Waals surface area contributed by atoms with Gasteiger partial charge in [-0.2, -0.15) is 0 Å². The Bertz CT molecular complexity index is 847. The van der Waals surface area contributed by atoms with Gasteiger partial charge in [0.05, 0.1) is 10.2 Å². The van der Waals surface area contributed by atoms with Gasteiger partial charge in [-0.1, -0.05) is 35.2 Å². The lowest BCUT2D eigenvalue weighted by molar-refractivity contribution is 0.626. The van der Waals surface area contributed by atoms with Crippen LogP contribution in [0, 0.1) is 5.82 Å². The Morgan fingerprint density at radius 2 is 2.10 bits per heavy atom. The number of nitrogens with zero attached hydrogens (tertiary/aromatic N) is 1. The van der Waals surface area contributed by atoms with E-state index in [9.17, 15) is 4.39 Å². The van der Waals surface area contributed by atoms with Gasteiger partial charge in [0.15, 0.2) is 5.13 Å². The Balaban J connectivity index is 1.91. The minimum atomic E-state index is -0.461. The highest BCUT2D eigenvalue weighted by Crippen LogP contribution is 2.30. The SMILES string of the molecule is NC(=S)c1ccc(Nc2nc3ccc(Cl)cc3s2)cc1F. The lowest BCUT2D eigenvalue weighted by Gasteiger charge is -2.05. The second-order valence-electron chi connectivity index (χ2n) is 4.31. The molecule has 3 N–H and O–H groups in total. The molecule has 7 heteroatoms. The van der Waals surface area contributed by atoms with E-state index in [0.717, 1.165) is 10.2 Å². The minimum absolute atomic E-state index is 0.0358. The zero-order chi connectivity index (χ0) is 15.0. The summed E-state index contributed by atoms with van der Waals surface area (Å²) < 4.78 is 14.8. The zero-order valence-electron chi connectivity index (χ0n) is 10.6. The Labute approximate surface area is 134 Å². The van der Waals surface area contributed by atoms with Crippen LogP contribution in [0.25, 0.3) is 10.2 Å².